The van der Waals surface area contributed by atoms with Crippen LogP contribution in [-0.2, 0) is 6.54 Å². The Labute approximate surface area is 140 Å². The van der Waals surface area contributed by atoms with Gasteiger partial charge in [-0.3, -0.25) is 15.0 Å². The molecule has 1 aromatic carbocycles. The average Bonchev–Trinajstić information content (AvgIpc) is 2.94. The van der Waals surface area contributed by atoms with Crippen LogP contribution in [0.3, 0.4) is 0 Å². The molecule has 6 heteroatoms. The molecule has 0 saturated carbocycles. The summed E-state index contributed by atoms with van der Waals surface area (Å²) in [6.07, 6.45) is 2.54. The van der Waals surface area contributed by atoms with Crippen LogP contribution in [0.1, 0.15) is 35.8 Å². The highest BCUT2D eigenvalue weighted by Crippen LogP contribution is 2.22. The number of hydrogen-bond donors (Lipinski definition) is 2. The maximum Gasteiger partial charge on any atom is 0.261 e. The van der Waals surface area contributed by atoms with Crippen molar-refractivity contribution in [3.63, 3.8) is 0 Å². The second-order valence-electron chi connectivity index (χ2n) is 6.10. The first kappa shape index (κ1) is 16.0. The van der Waals surface area contributed by atoms with Crippen molar-refractivity contribution >= 4 is 22.4 Å². The smallest absolute Gasteiger partial charge is 0.261 e. The summed E-state index contributed by atoms with van der Waals surface area (Å²) in [6, 6.07) is 6.50. The predicted octanol–water partition coefficient (Wildman–Crippen LogP) is 3.33. The van der Waals surface area contributed by atoms with E-state index in [-0.39, 0.29) is 17.2 Å². The fourth-order valence-electron chi connectivity index (χ4n) is 2.93. The first-order valence-electron chi connectivity index (χ1n) is 7.88. The van der Waals surface area contributed by atoms with Gasteiger partial charge in [0, 0.05) is 18.5 Å². The van der Waals surface area contributed by atoms with E-state index in [4.69, 9.17) is 0 Å². The molecular weight excluding hydrogens is 310 g/mol. The minimum Gasteiger partial charge on any atom is -0.507 e. The predicted molar refractivity (Wildman–Crippen MR) is 91.8 cm³/mol. The van der Waals surface area contributed by atoms with Crippen molar-refractivity contribution in [2.24, 2.45) is 5.92 Å². The molecule has 122 valence electrons. The van der Waals surface area contributed by atoms with Crippen molar-refractivity contribution in [3.8, 4) is 5.75 Å². The number of thiazole rings is 1. The largest absolute Gasteiger partial charge is 0.507 e. The van der Waals surface area contributed by atoms with E-state index in [1.807, 2.05) is 5.38 Å². The standard InChI is InChI=1S/C17H21N3O2S/c1-12-5-4-8-20(9-12)10-13-11-23-17(18-13)19-16(22)14-6-2-3-7-15(14)21/h2-3,6-7,11-12,21H,4-5,8-10H2,1H3,(H,18,19,22)/t12-/m0/s1. The van der Waals surface area contributed by atoms with Crippen LogP contribution in [-0.4, -0.2) is 34.0 Å². The summed E-state index contributed by atoms with van der Waals surface area (Å²) in [4.78, 5) is 19.1. The Morgan fingerprint density at radius 3 is 3.09 bits per heavy atom. The molecule has 23 heavy (non-hydrogen) atoms. The van der Waals surface area contributed by atoms with Crippen LogP contribution >= 0.6 is 11.3 Å². The van der Waals surface area contributed by atoms with Crippen LogP contribution in [0.25, 0.3) is 0 Å². The number of nitrogens with zero attached hydrogens (tertiary/aromatic N) is 2. The van der Waals surface area contributed by atoms with Gasteiger partial charge in [0.1, 0.15) is 5.75 Å². The Morgan fingerprint density at radius 1 is 1.48 bits per heavy atom. The summed E-state index contributed by atoms with van der Waals surface area (Å²) in [5.74, 6) is 0.377. The van der Waals surface area contributed by atoms with Gasteiger partial charge in [-0.05, 0) is 37.4 Å². The minimum absolute atomic E-state index is 0.0240. The number of aromatic nitrogens is 1. The summed E-state index contributed by atoms with van der Waals surface area (Å²) in [6.45, 7) is 5.33. The Bertz CT molecular complexity index is 686. The number of aromatic hydroxyl groups is 1. The van der Waals surface area contributed by atoms with Crippen molar-refractivity contribution < 1.29 is 9.90 Å². The first-order chi connectivity index (χ1) is 11.1. The van der Waals surface area contributed by atoms with Gasteiger partial charge in [0.05, 0.1) is 11.3 Å². The maximum atomic E-state index is 12.2. The number of phenols is 1. The van der Waals surface area contributed by atoms with E-state index in [1.54, 1.807) is 18.2 Å². The first-order valence-corrected chi connectivity index (χ1v) is 8.76. The summed E-state index contributed by atoms with van der Waals surface area (Å²) in [7, 11) is 0. The van der Waals surface area contributed by atoms with Gasteiger partial charge >= 0.3 is 0 Å². The van der Waals surface area contributed by atoms with Gasteiger partial charge < -0.3 is 5.11 Å². The molecule has 1 fully saturated rings. The topological polar surface area (TPSA) is 65.5 Å². The van der Waals surface area contributed by atoms with E-state index in [0.29, 0.717) is 5.13 Å². The van der Waals surface area contributed by atoms with E-state index < -0.39 is 0 Å². The number of likely N-dealkylation sites (tertiary alicyclic amines) is 1. The minimum atomic E-state index is -0.337. The SMILES string of the molecule is C[C@H]1CCCN(Cc2csc(NC(=O)c3ccccc3O)n2)C1. The zero-order valence-electron chi connectivity index (χ0n) is 13.2. The zero-order valence-corrected chi connectivity index (χ0v) is 14.0. The highest BCUT2D eigenvalue weighted by molar-refractivity contribution is 7.14. The summed E-state index contributed by atoms with van der Waals surface area (Å²) < 4.78 is 0. The molecule has 1 amide bonds. The fraction of sp³-hybridized carbons (Fsp3) is 0.412. The number of para-hydroxylation sites is 1. The molecule has 5 nitrogen and oxygen atoms in total. The van der Waals surface area contributed by atoms with E-state index >= 15 is 0 Å². The molecule has 1 atom stereocenters. The molecule has 2 N–H and O–H groups in total. The number of rotatable bonds is 4. The molecule has 0 aliphatic carbocycles. The molecule has 2 heterocycles. The van der Waals surface area contributed by atoms with Gasteiger partial charge in [-0.15, -0.1) is 11.3 Å². The maximum absolute atomic E-state index is 12.2. The highest BCUT2D eigenvalue weighted by Gasteiger charge is 2.18. The number of piperidine rings is 1. The number of anilines is 1. The van der Waals surface area contributed by atoms with Crippen LogP contribution in [0.2, 0.25) is 0 Å². The number of carbonyl (C=O) groups excluding carboxylic acids is 1. The summed E-state index contributed by atoms with van der Waals surface area (Å²) in [5.41, 5.74) is 1.24. The lowest BCUT2D eigenvalue weighted by Crippen LogP contribution is -2.33. The van der Waals surface area contributed by atoms with Gasteiger partial charge in [-0.1, -0.05) is 19.1 Å². The van der Waals surface area contributed by atoms with Gasteiger partial charge in [-0.25, -0.2) is 4.98 Å². The molecule has 3 rings (SSSR count). The second kappa shape index (κ2) is 7.10. The summed E-state index contributed by atoms with van der Waals surface area (Å²) in [5, 5.41) is 15.0. The van der Waals surface area contributed by atoms with Gasteiger partial charge in [-0.2, -0.15) is 0 Å². The van der Waals surface area contributed by atoms with Crippen LogP contribution in [0.5, 0.6) is 5.75 Å². The van der Waals surface area contributed by atoms with Gasteiger partial charge in [0.25, 0.3) is 5.91 Å². The zero-order chi connectivity index (χ0) is 16.2. The molecule has 0 radical (unpaired) electrons. The number of amides is 1. The van der Waals surface area contributed by atoms with Crippen LogP contribution in [0, 0.1) is 5.92 Å². The monoisotopic (exact) mass is 331 g/mol. The Kier molecular flexibility index (Phi) is 4.93. The number of benzene rings is 1. The number of phenolic OH excluding ortho intramolecular Hbond substituents is 1. The molecule has 1 aromatic heterocycles. The molecular formula is C17H21N3O2S. The lowest BCUT2D eigenvalue weighted by Gasteiger charge is -2.30. The van der Waals surface area contributed by atoms with Crippen molar-refractivity contribution in [3.05, 3.63) is 40.9 Å². The van der Waals surface area contributed by atoms with Crippen LogP contribution in [0.4, 0.5) is 5.13 Å². The number of carbonyl (C=O) groups is 1. The molecule has 0 spiro atoms. The Balaban J connectivity index is 1.61. The van der Waals surface area contributed by atoms with Crippen molar-refractivity contribution in [2.75, 3.05) is 18.4 Å². The fourth-order valence-corrected chi connectivity index (χ4v) is 3.62. The third kappa shape index (κ3) is 4.09. The third-order valence-corrected chi connectivity index (χ3v) is 4.85. The number of nitrogens with one attached hydrogen (secondary N) is 1. The molecule has 2 aromatic rings. The summed E-state index contributed by atoms with van der Waals surface area (Å²) >= 11 is 1.42. The quantitative estimate of drug-likeness (QED) is 0.902. The van der Waals surface area contributed by atoms with Crippen molar-refractivity contribution in [2.45, 2.75) is 26.3 Å². The lowest BCUT2D eigenvalue weighted by atomic mass is 10.0. The van der Waals surface area contributed by atoms with Crippen LogP contribution < -0.4 is 5.32 Å². The second-order valence-corrected chi connectivity index (χ2v) is 6.96. The van der Waals surface area contributed by atoms with Gasteiger partial charge in [0.15, 0.2) is 5.13 Å². The van der Waals surface area contributed by atoms with E-state index in [0.717, 1.165) is 31.2 Å². The van der Waals surface area contributed by atoms with Crippen LogP contribution in [0.15, 0.2) is 29.6 Å². The molecule has 1 aliphatic rings. The molecule has 0 unspecified atom stereocenters. The molecule has 1 aliphatic heterocycles. The van der Waals surface area contributed by atoms with E-state index in [9.17, 15) is 9.90 Å². The van der Waals surface area contributed by atoms with E-state index in [1.165, 1.54) is 30.2 Å². The normalized spacial score (nSPS) is 18.7. The lowest BCUT2D eigenvalue weighted by molar-refractivity contribution is 0.102. The average molecular weight is 331 g/mol. The highest BCUT2D eigenvalue weighted by atomic mass is 32.1. The van der Waals surface area contributed by atoms with E-state index in [2.05, 4.69) is 22.1 Å². The number of hydrogen-bond acceptors (Lipinski definition) is 5. The Hall–Kier alpha value is -1.92. The van der Waals surface area contributed by atoms with Crippen molar-refractivity contribution in [1.82, 2.24) is 9.88 Å². The van der Waals surface area contributed by atoms with Crippen molar-refractivity contribution in [1.29, 1.82) is 0 Å². The van der Waals surface area contributed by atoms with Gasteiger partial charge in [0.2, 0.25) is 0 Å². The third-order valence-electron chi connectivity index (χ3n) is 4.05. The molecule has 1 saturated heterocycles. The molecule has 0 bridgehead atoms. The Morgan fingerprint density at radius 2 is 2.30 bits per heavy atom.